The molecule has 2 N–H and O–H groups in total. The van der Waals surface area contributed by atoms with Crippen molar-refractivity contribution in [1.29, 1.82) is 0 Å². The van der Waals surface area contributed by atoms with E-state index in [0.717, 1.165) is 5.70 Å². The third-order valence-corrected chi connectivity index (χ3v) is 5.79. The number of phenols is 1. The van der Waals surface area contributed by atoms with Crippen molar-refractivity contribution in [3.63, 3.8) is 0 Å². The first-order valence-corrected chi connectivity index (χ1v) is 10.4. The number of nitrogens with one attached hydrogen (secondary N) is 1. The first-order valence-electron chi connectivity index (χ1n) is 10.1. The highest BCUT2D eigenvalue weighted by atomic mass is 35.5. The molecule has 6 nitrogen and oxygen atoms in total. The molecule has 0 aromatic heterocycles. The standard InChI is InChI=1S/C23H28ClNO5/c1-6-7-30-22(28)18-12(2)25-15-10-23(3,4)11-16(26)20(15)19(18)13-8-14(24)21(27)17(9-13)29-5/h8-9,19,25,27H,6-7,10-11H2,1-5H3/t19-/m1/s1. The number of hydrogen-bond acceptors (Lipinski definition) is 6. The van der Waals surface area contributed by atoms with Crippen LogP contribution in [0.15, 0.2) is 34.7 Å². The van der Waals surface area contributed by atoms with E-state index in [1.165, 1.54) is 7.11 Å². The zero-order valence-corrected chi connectivity index (χ0v) is 18.8. The number of phenolic OH excluding ortho intramolecular Hbond substituents is 1. The zero-order chi connectivity index (χ0) is 22.2. The first kappa shape index (κ1) is 22.2. The Morgan fingerprint density at radius 1 is 1.33 bits per heavy atom. The molecule has 0 unspecified atom stereocenters. The molecule has 1 heterocycles. The van der Waals surface area contributed by atoms with Gasteiger partial charge >= 0.3 is 5.97 Å². The molecule has 3 rings (SSSR count). The van der Waals surface area contributed by atoms with Gasteiger partial charge in [-0.3, -0.25) is 4.79 Å². The molecule has 0 bridgehead atoms. The highest BCUT2D eigenvalue weighted by molar-refractivity contribution is 6.32. The molecule has 0 amide bonds. The quantitative estimate of drug-likeness (QED) is 0.659. The summed E-state index contributed by atoms with van der Waals surface area (Å²) in [5, 5.41) is 13.5. The van der Waals surface area contributed by atoms with Crippen LogP contribution >= 0.6 is 11.6 Å². The van der Waals surface area contributed by atoms with Crippen molar-refractivity contribution >= 4 is 23.4 Å². The van der Waals surface area contributed by atoms with E-state index in [1.54, 1.807) is 12.1 Å². The van der Waals surface area contributed by atoms with Crippen LogP contribution in [0.4, 0.5) is 0 Å². The average Bonchev–Trinajstić information content (AvgIpc) is 2.66. The maximum Gasteiger partial charge on any atom is 0.336 e. The highest BCUT2D eigenvalue weighted by Crippen LogP contribution is 2.48. The van der Waals surface area contributed by atoms with Gasteiger partial charge in [0.2, 0.25) is 0 Å². The topological polar surface area (TPSA) is 84.9 Å². The second-order valence-electron chi connectivity index (χ2n) is 8.62. The lowest BCUT2D eigenvalue weighted by Gasteiger charge is -2.39. The molecule has 1 aromatic rings. The summed E-state index contributed by atoms with van der Waals surface area (Å²) >= 11 is 6.24. The normalized spacial score (nSPS) is 20.6. The summed E-state index contributed by atoms with van der Waals surface area (Å²) in [6.07, 6.45) is 1.75. The Labute approximate surface area is 181 Å². The summed E-state index contributed by atoms with van der Waals surface area (Å²) in [6, 6.07) is 3.20. The number of allylic oxidation sites excluding steroid dienone is 3. The molecule has 0 saturated carbocycles. The van der Waals surface area contributed by atoms with Crippen LogP contribution in [0.1, 0.15) is 58.4 Å². The minimum absolute atomic E-state index is 0.0183. The summed E-state index contributed by atoms with van der Waals surface area (Å²) in [5.74, 6) is -1.14. The lowest BCUT2D eigenvalue weighted by molar-refractivity contribution is -0.139. The predicted octanol–water partition coefficient (Wildman–Crippen LogP) is 4.61. The van der Waals surface area contributed by atoms with E-state index < -0.39 is 11.9 Å². The molecule has 0 spiro atoms. The molecule has 30 heavy (non-hydrogen) atoms. The monoisotopic (exact) mass is 433 g/mol. The maximum atomic E-state index is 13.2. The summed E-state index contributed by atoms with van der Waals surface area (Å²) in [4.78, 5) is 26.2. The molecular weight excluding hydrogens is 406 g/mol. The van der Waals surface area contributed by atoms with E-state index >= 15 is 0 Å². The Bertz CT molecular complexity index is 961. The van der Waals surface area contributed by atoms with Crippen LogP contribution in [-0.2, 0) is 14.3 Å². The van der Waals surface area contributed by atoms with Crippen molar-refractivity contribution in [1.82, 2.24) is 5.32 Å². The number of hydrogen-bond donors (Lipinski definition) is 2. The number of Topliss-reactive ketones (excluding diaryl/α,β-unsaturated/α-hetero) is 1. The lowest BCUT2D eigenvalue weighted by Crippen LogP contribution is -2.38. The summed E-state index contributed by atoms with van der Waals surface area (Å²) < 4.78 is 10.7. The Hall–Kier alpha value is -2.47. The van der Waals surface area contributed by atoms with Crippen LogP contribution in [0.25, 0.3) is 0 Å². The number of ketones is 1. The number of dihydropyridines is 1. The number of carbonyl (C=O) groups excluding carboxylic acids is 2. The summed E-state index contributed by atoms with van der Waals surface area (Å²) in [7, 11) is 1.42. The average molecular weight is 434 g/mol. The Morgan fingerprint density at radius 2 is 2.03 bits per heavy atom. The third-order valence-electron chi connectivity index (χ3n) is 5.50. The van der Waals surface area contributed by atoms with Gasteiger partial charge in [-0.15, -0.1) is 0 Å². The van der Waals surface area contributed by atoms with Gasteiger partial charge in [-0.05, 0) is 42.9 Å². The number of esters is 1. The maximum absolute atomic E-state index is 13.2. The van der Waals surface area contributed by atoms with Crippen LogP contribution in [0.5, 0.6) is 11.5 Å². The number of halogens is 1. The molecule has 1 atom stereocenters. The van der Waals surface area contributed by atoms with Gasteiger partial charge in [0.25, 0.3) is 0 Å². The molecule has 7 heteroatoms. The predicted molar refractivity (Wildman–Crippen MR) is 115 cm³/mol. The van der Waals surface area contributed by atoms with Crippen LogP contribution in [-0.4, -0.2) is 30.6 Å². The van der Waals surface area contributed by atoms with Crippen molar-refractivity contribution in [2.45, 2.75) is 52.9 Å². The number of ether oxygens (including phenoxy) is 2. The van der Waals surface area contributed by atoms with Gasteiger partial charge in [0.15, 0.2) is 17.3 Å². The fourth-order valence-electron chi connectivity index (χ4n) is 4.23. The molecular formula is C23H28ClNO5. The largest absolute Gasteiger partial charge is 0.503 e. The second kappa shape index (κ2) is 8.34. The zero-order valence-electron chi connectivity index (χ0n) is 18.0. The fourth-order valence-corrected chi connectivity index (χ4v) is 4.45. The minimum atomic E-state index is -0.652. The first-order chi connectivity index (χ1) is 14.1. The van der Waals surface area contributed by atoms with Gasteiger partial charge in [-0.1, -0.05) is 32.4 Å². The molecule has 1 aliphatic heterocycles. The van der Waals surface area contributed by atoms with Gasteiger partial charge in [-0.2, -0.15) is 0 Å². The van der Waals surface area contributed by atoms with E-state index in [0.29, 0.717) is 41.7 Å². The van der Waals surface area contributed by atoms with E-state index in [2.05, 4.69) is 19.2 Å². The Kier molecular flexibility index (Phi) is 6.18. The van der Waals surface area contributed by atoms with Crippen molar-refractivity contribution in [3.8, 4) is 11.5 Å². The van der Waals surface area contributed by atoms with Crippen molar-refractivity contribution < 1.29 is 24.2 Å². The van der Waals surface area contributed by atoms with E-state index in [-0.39, 0.29) is 34.3 Å². The van der Waals surface area contributed by atoms with Crippen molar-refractivity contribution in [2.24, 2.45) is 5.41 Å². The van der Waals surface area contributed by atoms with E-state index in [4.69, 9.17) is 21.1 Å². The smallest absolute Gasteiger partial charge is 0.336 e. The molecule has 162 valence electrons. The van der Waals surface area contributed by atoms with Crippen molar-refractivity contribution in [3.05, 3.63) is 45.3 Å². The number of carbonyl (C=O) groups is 2. The lowest BCUT2D eigenvalue weighted by atomic mass is 9.68. The van der Waals surface area contributed by atoms with Gasteiger partial charge < -0.3 is 19.9 Å². The number of benzene rings is 1. The summed E-state index contributed by atoms with van der Waals surface area (Å²) in [5.41, 5.74) is 2.80. The van der Waals surface area contributed by atoms with Crippen molar-refractivity contribution in [2.75, 3.05) is 13.7 Å². The molecule has 0 saturated heterocycles. The van der Waals surface area contributed by atoms with Gasteiger partial charge in [0.1, 0.15) is 0 Å². The van der Waals surface area contributed by atoms with Gasteiger partial charge in [-0.25, -0.2) is 4.79 Å². The van der Waals surface area contributed by atoms with E-state index in [1.807, 2.05) is 13.8 Å². The number of aromatic hydroxyl groups is 1. The van der Waals surface area contributed by atoms with E-state index in [9.17, 15) is 14.7 Å². The molecule has 0 radical (unpaired) electrons. The Balaban J connectivity index is 2.21. The number of methoxy groups -OCH3 is 1. The Morgan fingerprint density at radius 3 is 2.67 bits per heavy atom. The minimum Gasteiger partial charge on any atom is -0.503 e. The van der Waals surface area contributed by atoms with Crippen LogP contribution in [0, 0.1) is 5.41 Å². The second-order valence-corrected chi connectivity index (χ2v) is 9.03. The molecule has 1 aliphatic carbocycles. The molecule has 0 fully saturated rings. The van der Waals surface area contributed by atoms with Gasteiger partial charge in [0.05, 0.1) is 24.3 Å². The van der Waals surface area contributed by atoms with Crippen LogP contribution < -0.4 is 10.1 Å². The molecule has 2 aliphatic rings. The SMILES string of the molecule is CCCOC(=O)C1=C(C)NC2=C(C(=O)CC(C)(C)C2)[C@@H]1c1cc(Cl)c(O)c(OC)c1. The molecule has 1 aromatic carbocycles. The highest BCUT2D eigenvalue weighted by Gasteiger charge is 2.43. The number of rotatable bonds is 5. The summed E-state index contributed by atoms with van der Waals surface area (Å²) in [6.45, 7) is 8.12. The van der Waals surface area contributed by atoms with Crippen LogP contribution in [0.3, 0.4) is 0 Å². The van der Waals surface area contributed by atoms with Gasteiger partial charge in [0, 0.05) is 29.3 Å². The third kappa shape index (κ3) is 4.06. The fraction of sp³-hybridized carbons (Fsp3) is 0.478. The van der Waals surface area contributed by atoms with Crippen LogP contribution in [0.2, 0.25) is 5.02 Å².